The third-order valence-electron chi connectivity index (χ3n) is 2.87. The molecule has 0 amide bonds. The Labute approximate surface area is 89.2 Å². The molecule has 1 N–H and O–H groups in total. The minimum absolute atomic E-state index is 0.764. The molecule has 0 saturated heterocycles. The summed E-state index contributed by atoms with van der Waals surface area (Å²) in [7, 11) is 3.91. The maximum Gasteiger partial charge on any atom is 0.0952 e. The maximum atomic E-state index is 7.71. The molecule has 0 aromatic carbocycles. The average molecular weight is 198 g/mol. The van der Waals surface area contributed by atoms with Crippen molar-refractivity contribution >= 4 is 5.84 Å². The van der Waals surface area contributed by atoms with E-state index in [0.29, 0.717) is 0 Å². The molecular weight excluding hydrogens is 172 g/mol. The van der Waals surface area contributed by atoms with Gasteiger partial charge in [0.2, 0.25) is 0 Å². The lowest BCUT2D eigenvalue weighted by atomic mass is 9.94. The van der Waals surface area contributed by atoms with E-state index in [1.807, 2.05) is 19.0 Å². The van der Waals surface area contributed by atoms with Crippen molar-refractivity contribution in [3.63, 3.8) is 0 Å². The lowest BCUT2D eigenvalue weighted by Gasteiger charge is -2.17. The van der Waals surface area contributed by atoms with Gasteiger partial charge in [-0.3, -0.25) is 5.41 Å². The Morgan fingerprint density at radius 2 is 1.86 bits per heavy atom. The Balaban J connectivity index is 3.66. The first-order valence-corrected chi connectivity index (χ1v) is 5.86. The fourth-order valence-corrected chi connectivity index (χ4v) is 1.61. The van der Waals surface area contributed by atoms with Gasteiger partial charge in [0, 0.05) is 20.5 Å². The van der Waals surface area contributed by atoms with Crippen molar-refractivity contribution in [1.82, 2.24) is 4.90 Å². The first-order valence-electron chi connectivity index (χ1n) is 5.86. The van der Waals surface area contributed by atoms with E-state index in [1.165, 1.54) is 32.1 Å². The van der Waals surface area contributed by atoms with Gasteiger partial charge in [-0.05, 0) is 12.3 Å². The molecule has 0 aromatic rings. The molecule has 0 aromatic heterocycles. The van der Waals surface area contributed by atoms with E-state index in [2.05, 4.69) is 13.8 Å². The molecule has 0 bridgehead atoms. The third kappa shape index (κ3) is 6.01. The number of rotatable bonds is 7. The Kier molecular flexibility index (Phi) is 7.54. The molecule has 0 heterocycles. The predicted octanol–water partition coefficient (Wildman–Crippen LogP) is 3.52. The number of unbranched alkanes of at least 4 members (excludes halogenated alkanes) is 1. The fraction of sp³-hybridized carbons (Fsp3) is 0.917. The highest BCUT2D eigenvalue weighted by Gasteiger charge is 2.07. The number of nitrogens with one attached hydrogen (secondary N) is 1. The standard InChI is InChI=1S/C12H26N2/c1-5-7-8-11(6-2)9-10-12(13)14(3)4/h11,13H,5-10H2,1-4H3. The molecule has 0 rings (SSSR count). The summed E-state index contributed by atoms with van der Waals surface area (Å²) in [5.41, 5.74) is 0. The summed E-state index contributed by atoms with van der Waals surface area (Å²) in [6, 6.07) is 0. The van der Waals surface area contributed by atoms with Gasteiger partial charge in [0.15, 0.2) is 0 Å². The first kappa shape index (κ1) is 13.5. The average Bonchev–Trinajstić information content (AvgIpc) is 2.17. The van der Waals surface area contributed by atoms with E-state index in [0.717, 1.165) is 18.2 Å². The van der Waals surface area contributed by atoms with Crippen LogP contribution in [-0.2, 0) is 0 Å². The van der Waals surface area contributed by atoms with E-state index in [4.69, 9.17) is 5.41 Å². The summed E-state index contributed by atoms with van der Waals surface area (Å²) in [5, 5.41) is 7.71. The zero-order chi connectivity index (χ0) is 11.0. The van der Waals surface area contributed by atoms with Crippen molar-refractivity contribution in [2.45, 2.75) is 52.4 Å². The Hall–Kier alpha value is -0.530. The van der Waals surface area contributed by atoms with Gasteiger partial charge >= 0.3 is 0 Å². The molecule has 0 spiro atoms. The molecular formula is C12H26N2. The maximum absolute atomic E-state index is 7.71. The van der Waals surface area contributed by atoms with Crippen molar-refractivity contribution in [3.05, 3.63) is 0 Å². The van der Waals surface area contributed by atoms with Crippen LogP contribution >= 0.6 is 0 Å². The van der Waals surface area contributed by atoms with Gasteiger partial charge in [-0.2, -0.15) is 0 Å². The van der Waals surface area contributed by atoms with Crippen molar-refractivity contribution in [1.29, 1.82) is 5.41 Å². The highest BCUT2D eigenvalue weighted by molar-refractivity contribution is 5.78. The van der Waals surface area contributed by atoms with Crippen LogP contribution in [0.4, 0.5) is 0 Å². The van der Waals surface area contributed by atoms with Crippen LogP contribution < -0.4 is 0 Å². The fourth-order valence-electron chi connectivity index (χ4n) is 1.61. The van der Waals surface area contributed by atoms with Crippen LogP contribution in [0.1, 0.15) is 52.4 Å². The summed E-state index contributed by atoms with van der Waals surface area (Å²) in [6.07, 6.45) is 7.37. The molecule has 2 heteroatoms. The normalized spacial score (nSPS) is 12.6. The second kappa shape index (κ2) is 7.84. The van der Waals surface area contributed by atoms with Crippen LogP contribution in [-0.4, -0.2) is 24.8 Å². The van der Waals surface area contributed by atoms with E-state index in [9.17, 15) is 0 Å². The van der Waals surface area contributed by atoms with Crippen molar-refractivity contribution in [2.75, 3.05) is 14.1 Å². The second-order valence-electron chi connectivity index (χ2n) is 4.30. The largest absolute Gasteiger partial charge is 0.367 e. The Bertz CT molecular complexity index is 152. The number of hydrogen-bond donors (Lipinski definition) is 1. The number of amidine groups is 1. The van der Waals surface area contributed by atoms with Gasteiger partial charge in [0.05, 0.1) is 5.84 Å². The van der Waals surface area contributed by atoms with Gasteiger partial charge in [-0.15, -0.1) is 0 Å². The van der Waals surface area contributed by atoms with Crippen LogP contribution in [0.3, 0.4) is 0 Å². The van der Waals surface area contributed by atoms with Crippen LogP contribution in [0, 0.1) is 11.3 Å². The summed E-state index contributed by atoms with van der Waals surface area (Å²) in [4.78, 5) is 1.91. The molecule has 0 fully saturated rings. The highest BCUT2D eigenvalue weighted by atomic mass is 15.1. The second-order valence-corrected chi connectivity index (χ2v) is 4.30. The molecule has 1 unspecified atom stereocenters. The zero-order valence-corrected chi connectivity index (χ0v) is 10.3. The van der Waals surface area contributed by atoms with E-state index >= 15 is 0 Å². The van der Waals surface area contributed by atoms with Gasteiger partial charge in [0.1, 0.15) is 0 Å². The van der Waals surface area contributed by atoms with Crippen LogP contribution in [0.2, 0.25) is 0 Å². The van der Waals surface area contributed by atoms with Gasteiger partial charge in [-0.1, -0.05) is 39.5 Å². The van der Waals surface area contributed by atoms with Crippen LogP contribution in [0.5, 0.6) is 0 Å². The molecule has 0 aliphatic rings. The molecule has 84 valence electrons. The van der Waals surface area contributed by atoms with Gasteiger partial charge in [-0.25, -0.2) is 0 Å². The minimum Gasteiger partial charge on any atom is -0.367 e. The first-order chi connectivity index (χ1) is 6.61. The molecule has 14 heavy (non-hydrogen) atoms. The van der Waals surface area contributed by atoms with Gasteiger partial charge < -0.3 is 4.90 Å². The molecule has 2 nitrogen and oxygen atoms in total. The smallest absolute Gasteiger partial charge is 0.0952 e. The quantitative estimate of drug-likeness (QED) is 0.492. The summed E-state index contributed by atoms with van der Waals surface area (Å²) < 4.78 is 0. The Morgan fingerprint density at radius 3 is 2.29 bits per heavy atom. The monoisotopic (exact) mass is 198 g/mol. The van der Waals surface area contributed by atoms with E-state index < -0.39 is 0 Å². The summed E-state index contributed by atoms with van der Waals surface area (Å²) in [6.45, 7) is 4.51. The molecule has 1 atom stereocenters. The lowest BCUT2D eigenvalue weighted by molar-refractivity contribution is 0.421. The molecule has 0 aliphatic carbocycles. The van der Waals surface area contributed by atoms with Crippen molar-refractivity contribution < 1.29 is 0 Å². The van der Waals surface area contributed by atoms with Crippen LogP contribution in [0.15, 0.2) is 0 Å². The predicted molar refractivity (Wildman–Crippen MR) is 64.0 cm³/mol. The minimum atomic E-state index is 0.764. The highest BCUT2D eigenvalue weighted by Crippen LogP contribution is 2.18. The Morgan fingerprint density at radius 1 is 1.21 bits per heavy atom. The van der Waals surface area contributed by atoms with Gasteiger partial charge in [0.25, 0.3) is 0 Å². The zero-order valence-electron chi connectivity index (χ0n) is 10.3. The number of nitrogens with zero attached hydrogens (tertiary/aromatic N) is 1. The topological polar surface area (TPSA) is 27.1 Å². The number of hydrogen-bond acceptors (Lipinski definition) is 1. The molecule has 0 saturated carbocycles. The SMILES string of the molecule is CCCCC(CC)CCC(=N)N(C)C. The van der Waals surface area contributed by atoms with E-state index in [-0.39, 0.29) is 0 Å². The van der Waals surface area contributed by atoms with E-state index in [1.54, 1.807) is 0 Å². The molecule has 0 aliphatic heterocycles. The molecule has 0 radical (unpaired) electrons. The summed E-state index contributed by atoms with van der Waals surface area (Å²) in [5.74, 6) is 1.59. The van der Waals surface area contributed by atoms with Crippen molar-refractivity contribution in [3.8, 4) is 0 Å². The summed E-state index contributed by atoms with van der Waals surface area (Å²) >= 11 is 0. The third-order valence-corrected chi connectivity index (χ3v) is 2.87. The van der Waals surface area contributed by atoms with Crippen molar-refractivity contribution in [2.24, 2.45) is 5.92 Å². The van der Waals surface area contributed by atoms with Crippen LogP contribution in [0.25, 0.3) is 0 Å². The lowest BCUT2D eigenvalue weighted by Crippen LogP contribution is -2.21.